The number of nitrogens with zero attached hydrogens (tertiary/aromatic N) is 3. The molecule has 0 amide bonds. The Kier molecular flexibility index (Phi) is 6.52. The third-order valence-electron chi connectivity index (χ3n) is 3.79. The average Bonchev–Trinajstić information content (AvgIpc) is 2.74. The van der Waals surface area contributed by atoms with Gasteiger partial charge >= 0.3 is 0 Å². The summed E-state index contributed by atoms with van der Waals surface area (Å²) in [7, 11) is 0. The molecule has 1 saturated heterocycles. The molecule has 0 spiro atoms. The molecule has 0 unspecified atom stereocenters. The van der Waals surface area contributed by atoms with E-state index in [1.54, 1.807) is 0 Å². The number of likely N-dealkylation sites (tertiary alicyclic amines) is 1. The van der Waals surface area contributed by atoms with Gasteiger partial charge in [-0.15, -0.1) is 0 Å². The van der Waals surface area contributed by atoms with E-state index in [4.69, 9.17) is 4.74 Å². The zero-order valence-corrected chi connectivity index (χ0v) is 15.4. The fourth-order valence-corrected chi connectivity index (χ4v) is 3.27. The summed E-state index contributed by atoms with van der Waals surface area (Å²) < 4.78 is 9.07. The molecule has 0 aromatic carbocycles. The van der Waals surface area contributed by atoms with E-state index in [-0.39, 0.29) is 0 Å². The van der Waals surface area contributed by atoms with Crippen molar-refractivity contribution < 1.29 is 4.74 Å². The van der Waals surface area contributed by atoms with E-state index in [9.17, 15) is 0 Å². The second-order valence-corrected chi connectivity index (χ2v) is 6.78. The molecule has 0 saturated carbocycles. The number of hydrogen-bond acceptors (Lipinski definition) is 3. The van der Waals surface area contributed by atoms with Gasteiger partial charge in [-0.2, -0.15) is 5.10 Å². The van der Waals surface area contributed by atoms with Crippen LogP contribution in [0, 0.1) is 6.92 Å². The summed E-state index contributed by atoms with van der Waals surface area (Å²) in [6.07, 6.45) is 2.69. The molecule has 1 aliphatic heterocycles. The maximum absolute atomic E-state index is 5.80. The van der Waals surface area contributed by atoms with Crippen molar-refractivity contribution in [3.05, 3.63) is 15.9 Å². The summed E-state index contributed by atoms with van der Waals surface area (Å²) in [6, 6.07) is 0. The third kappa shape index (κ3) is 4.06. The highest BCUT2D eigenvalue weighted by molar-refractivity contribution is 9.10. The predicted molar refractivity (Wildman–Crippen MR) is 88.4 cm³/mol. The van der Waals surface area contributed by atoms with Gasteiger partial charge in [0.2, 0.25) is 0 Å². The quantitative estimate of drug-likeness (QED) is 0.676. The monoisotopic (exact) mass is 407 g/mol. The Morgan fingerprint density at radius 3 is 2.65 bits per heavy atom. The number of alkyl halides is 1. The fraction of sp³-hybridized carbons (Fsp3) is 0.786. The van der Waals surface area contributed by atoms with Crippen LogP contribution in [0.15, 0.2) is 4.47 Å². The summed E-state index contributed by atoms with van der Waals surface area (Å²) in [6.45, 7) is 9.12. The number of hydrogen-bond donors (Lipinski definition) is 0. The number of halogens is 2. The zero-order valence-electron chi connectivity index (χ0n) is 12.2. The molecule has 0 aliphatic carbocycles. The van der Waals surface area contributed by atoms with Gasteiger partial charge in [0, 0.05) is 31.5 Å². The van der Waals surface area contributed by atoms with Gasteiger partial charge in [0.05, 0.1) is 28.6 Å². The Hall–Kier alpha value is 0.0900. The van der Waals surface area contributed by atoms with Crippen LogP contribution in [0.25, 0.3) is 0 Å². The van der Waals surface area contributed by atoms with Crippen LogP contribution >= 0.6 is 31.9 Å². The number of aromatic nitrogens is 2. The second-order valence-electron chi connectivity index (χ2n) is 5.20. The molecule has 4 nitrogen and oxygen atoms in total. The van der Waals surface area contributed by atoms with Crippen LogP contribution in [0.4, 0.5) is 0 Å². The third-order valence-corrected chi connectivity index (χ3v) is 5.15. The van der Waals surface area contributed by atoms with Crippen LogP contribution in [0.5, 0.6) is 0 Å². The normalized spacial score (nSPS) is 17.8. The molecule has 2 heterocycles. The SMILES string of the molecule is CCn1nc(C)c(Br)c1CN1CCC(OCCBr)CC1. The van der Waals surface area contributed by atoms with Crippen molar-refractivity contribution in [2.75, 3.05) is 25.0 Å². The lowest BCUT2D eigenvalue weighted by Gasteiger charge is -2.31. The first kappa shape index (κ1) is 16.5. The van der Waals surface area contributed by atoms with Crippen LogP contribution in [0.2, 0.25) is 0 Å². The molecule has 114 valence electrons. The predicted octanol–water partition coefficient (Wildman–Crippen LogP) is 3.35. The van der Waals surface area contributed by atoms with Crippen molar-refractivity contribution in [1.82, 2.24) is 14.7 Å². The van der Waals surface area contributed by atoms with Crippen molar-refractivity contribution >= 4 is 31.9 Å². The van der Waals surface area contributed by atoms with E-state index in [1.807, 2.05) is 0 Å². The van der Waals surface area contributed by atoms with E-state index in [2.05, 4.69) is 60.4 Å². The van der Waals surface area contributed by atoms with Crippen LogP contribution < -0.4 is 0 Å². The van der Waals surface area contributed by atoms with Crippen molar-refractivity contribution in [2.24, 2.45) is 0 Å². The van der Waals surface area contributed by atoms with E-state index in [0.717, 1.165) is 61.1 Å². The molecule has 6 heteroatoms. The molecular weight excluding hydrogens is 386 g/mol. The topological polar surface area (TPSA) is 30.3 Å². The van der Waals surface area contributed by atoms with Gasteiger partial charge < -0.3 is 4.74 Å². The summed E-state index contributed by atoms with van der Waals surface area (Å²) in [5, 5.41) is 5.49. The highest BCUT2D eigenvalue weighted by atomic mass is 79.9. The van der Waals surface area contributed by atoms with Gasteiger partial charge in [-0.3, -0.25) is 9.58 Å². The molecule has 0 atom stereocenters. The summed E-state index contributed by atoms with van der Waals surface area (Å²) in [4.78, 5) is 2.50. The Labute approximate surface area is 138 Å². The number of rotatable bonds is 6. The molecule has 0 N–H and O–H groups in total. The minimum atomic E-state index is 0.435. The zero-order chi connectivity index (χ0) is 14.5. The maximum atomic E-state index is 5.80. The second kappa shape index (κ2) is 7.92. The summed E-state index contributed by atoms with van der Waals surface area (Å²) in [5.74, 6) is 0. The van der Waals surface area contributed by atoms with E-state index in [1.165, 1.54) is 5.69 Å². The maximum Gasteiger partial charge on any atom is 0.0739 e. The minimum absolute atomic E-state index is 0.435. The Bertz CT molecular complexity index is 428. The molecule has 1 fully saturated rings. The molecule has 0 radical (unpaired) electrons. The molecule has 1 aromatic heterocycles. The molecule has 1 aliphatic rings. The first-order chi connectivity index (χ1) is 9.65. The van der Waals surface area contributed by atoms with Gasteiger partial charge in [-0.05, 0) is 42.6 Å². The van der Waals surface area contributed by atoms with Gasteiger partial charge in [-0.1, -0.05) is 15.9 Å². The van der Waals surface area contributed by atoms with Gasteiger partial charge in [0.15, 0.2) is 0 Å². The Morgan fingerprint density at radius 1 is 1.35 bits per heavy atom. The molecule has 0 bridgehead atoms. The highest BCUT2D eigenvalue weighted by Gasteiger charge is 2.22. The smallest absolute Gasteiger partial charge is 0.0739 e. The molecule has 20 heavy (non-hydrogen) atoms. The van der Waals surface area contributed by atoms with Crippen LogP contribution in [-0.4, -0.2) is 45.8 Å². The van der Waals surface area contributed by atoms with Crippen molar-refractivity contribution in [3.8, 4) is 0 Å². The largest absolute Gasteiger partial charge is 0.377 e. The van der Waals surface area contributed by atoms with Crippen LogP contribution in [0.3, 0.4) is 0 Å². The number of aryl methyl sites for hydroxylation is 2. The Morgan fingerprint density at radius 2 is 2.05 bits per heavy atom. The highest BCUT2D eigenvalue weighted by Crippen LogP contribution is 2.24. The lowest BCUT2D eigenvalue weighted by molar-refractivity contribution is 0.0136. The first-order valence-corrected chi connectivity index (χ1v) is 9.18. The van der Waals surface area contributed by atoms with Crippen molar-refractivity contribution in [2.45, 2.75) is 45.9 Å². The van der Waals surface area contributed by atoms with Crippen molar-refractivity contribution in [3.63, 3.8) is 0 Å². The fourth-order valence-electron chi connectivity index (χ4n) is 2.68. The van der Waals surface area contributed by atoms with Gasteiger partial charge in [0.25, 0.3) is 0 Å². The number of ether oxygens (including phenoxy) is 1. The number of piperidine rings is 1. The summed E-state index contributed by atoms with van der Waals surface area (Å²) >= 11 is 7.08. The molecule has 2 rings (SSSR count). The minimum Gasteiger partial charge on any atom is -0.377 e. The van der Waals surface area contributed by atoms with E-state index in [0.29, 0.717) is 6.10 Å². The van der Waals surface area contributed by atoms with E-state index >= 15 is 0 Å². The van der Waals surface area contributed by atoms with Crippen LogP contribution in [0.1, 0.15) is 31.2 Å². The standard InChI is InChI=1S/C14H23Br2N3O/c1-3-19-13(14(16)11(2)17-19)10-18-7-4-12(5-8-18)20-9-6-15/h12H,3-10H2,1-2H3. The van der Waals surface area contributed by atoms with Gasteiger partial charge in [-0.25, -0.2) is 0 Å². The summed E-state index contributed by atoms with van der Waals surface area (Å²) in [5.41, 5.74) is 2.38. The van der Waals surface area contributed by atoms with Crippen molar-refractivity contribution in [1.29, 1.82) is 0 Å². The molecule has 1 aromatic rings. The average molecular weight is 409 g/mol. The first-order valence-electron chi connectivity index (χ1n) is 7.27. The molecular formula is C14H23Br2N3O. The van der Waals surface area contributed by atoms with E-state index < -0.39 is 0 Å². The lowest BCUT2D eigenvalue weighted by atomic mass is 10.1. The van der Waals surface area contributed by atoms with Gasteiger partial charge in [0.1, 0.15) is 0 Å². The van der Waals surface area contributed by atoms with Crippen LogP contribution in [-0.2, 0) is 17.8 Å². The lowest BCUT2D eigenvalue weighted by Crippen LogP contribution is -2.37. The Balaban J connectivity index is 1.89.